The topological polar surface area (TPSA) is 64.3 Å². The zero-order valence-electron chi connectivity index (χ0n) is 5.54. The molecular formula is C6H10N2O2. The van der Waals surface area contributed by atoms with Crippen molar-refractivity contribution in [2.45, 2.75) is 12.5 Å². The van der Waals surface area contributed by atoms with E-state index in [0.717, 1.165) is 13.0 Å². The molecule has 0 radical (unpaired) electrons. The quantitative estimate of drug-likeness (QED) is 0.461. The average Bonchev–Trinajstić information content (AvgIpc) is 2.44. The maximum Gasteiger partial charge on any atom is 0.329 e. The Kier molecular flexibility index (Phi) is 1.18. The Morgan fingerprint density at radius 2 is 2.50 bits per heavy atom. The molecule has 1 aliphatic carbocycles. The SMILES string of the molecule is NOC(=O)C1C2CNC1C2. The van der Waals surface area contributed by atoms with Gasteiger partial charge in [0.1, 0.15) is 0 Å². The fourth-order valence-corrected chi connectivity index (χ4v) is 1.91. The lowest BCUT2D eigenvalue weighted by Crippen LogP contribution is -2.43. The molecule has 3 aliphatic rings. The van der Waals surface area contributed by atoms with E-state index in [4.69, 9.17) is 5.90 Å². The maximum atomic E-state index is 10.9. The van der Waals surface area contributed by atoms with Gasteiger partial charge in [-0.2, -0.15) is 5.90 Å². The summed E-state index contributed by atoms with van der Waals surface area (Å²) in [6, 6.07) is 0.348. The normalized spacial score (nSPS) is 42.7. The fraction of sp³-hybridized carbons (Fsp3) is 0.833. The number of carbonyl (C=O) groups excluding carboxylic acids is 1. The van der Waals surface area contributed by atoms with E-state index in [9.17, 15) is 4.79 Å². The monoisotopic (exact) mass is 142 g/mol. The first-order valence-electron chi connectivity index (χ1n) is 3.47. The van der Waals surface area contributed by atoms with Crippen LogP contribution in [0.15, 0.2) is 0 Å². The number of hydrogen-bond donors (Lipinski definition) is 2. The van der Waals surface area contributed by atoms with Crippen molar-refractivity contribution in [2.24, 2.45) is 17.7 Å². The number of rotatable bonds is 1. The first kappa shape index (κ1) is 6.12. The molecular weight excluding hydrogens is 132 g/mol. The molecule has 56 valence electrons. The van der Waals surface area contributed by atoms with Gasteiger partial charge in [-0.25, -0.2) is 0 Å². The molecule has 0 aromatic heterocycles. The third-order valence-electron chi connectivity index (χ3n) is 2.53. The number of fused-ring (bicyclic) bond motifs is 1. The molecule has 0 spiro atoms. The standard InChI is InChI=1S/C6H10N2O2/c7-10-6(9)5-3-1-4(5)8-2-3/h3-5,8H,1-2,7H2. The molecule has 0 aromatic carbocycles. The molecule has 10 heavy (non-hydrogen) atoms. The van der Waals surface area contributed by atoms with Gasteiger partial charge in [0, 0.05) is 6.04 Å². The zero-order chi connectivity index (χ0) is 7.14. The highest BCUT2D eigenvalue weighted by molar-refractivity contribution is 5.75. The van der Waals surface area contributed by atoms with E-state index in [1.807, 2.05) is 0 Å². The highest BCUT2D eigenvalue weighted by atomic mass is 16.7. The Morgan fingerprint density at radius 1 is 1.70 bits per heavy atom. The van der Waals surface area contributed by atoms with Crippen LogP contribution in [0.2, 0.25) is 0 Å². The third-order valence-corrected chi connectivity index (χ3v) is 2.53. The van der Waals surface area contributed by atoms with Crippen LogP contribution in [-0.4, -0.2) is 18.6 Å². The number of nitrogens with two attached hydrogens (primary N) is 1. The molecule has 0 amide bonds. The van der Waals surface area contributed by atoms with Crippen LogP contribution < -0.4 is 11.2 Å². The average molecular weight is 142 g/mol. The fourth-order valence-electron chi connectivity index (χ4n) is 1.91. The van der Waals surface area contributed by atoms with Crippen molar-refractivity contribution in [3.63, 3.8) is 0 Å². The van der Waals surface area contributed by atoms with Crippen molar-refractivity contribution in [2.75, 3.05) is 6.54 Å². The van der Waals surface area contributed by atoms with Crippen molar-refractivity contribution >= 4 is 5.97 Å². The van der Waals surface area contributed by atoms with Crippen LogP contribution >= 0.6 is 0 Å². The molecule has 3 rings (SSSR count). The predicted octanol–water partition coefficient (Wildman–Crippen LogP) is -0.989. The predicted molar refractivity (Wildman–Crippen MR) is 33.7 cm³/mol. The molecule has 4 nitrogen and oxygen atoms in total. The number of nitrogens with one attached hydrogen (secondary N) is 1. The van der Waals surface area contributed by atoms with Gasteiger partial charge in [0.15, 0.2) is 0 Å². The maximum absolute atomic E-state index is 10.9. The molecule has 2 bridgehead atoms. The first-order valence-corrected chi connectivity index (χ1v) is 3.47. The van der Waals surface area contributed by atoms with Crippen LogP contribution in [0.1, 0.15) is 6.42 Å². The van der Waals surface area contributed by atoms with Crippen molar-refractivity contribution in [1.29, 1.82) is 0 Å². The molecule has 3 unspecified atom stereocenters. The molecule has 3 fully saturated rings. The van der Waals surface area contributed by atoms with Crippen molar-refractivity contribution in [3.05, 3.63) is 0 Å². The van der Waals surface area contributed by atoms with E-state index in [0.29, 0.717) is 12.0 Å². The molecule has 3 N–H and O–H groups in total. The molecule has 2 saturated heterocycles. The highest BCUT2D eigenvalue weighted by Crippen LogP contribution is 2.40. The summed E-state index contributed by atoms with van der Waals surface area (Å²) >= 11 is 0. The minimum Gasteiger partial charge on any atom is -0.373 e. The van der Waals surface area contributed by atoms with E-state index in [1.54, 1.807) is 0 Å². The van der Waals surface area contributed by atoms with E-state index in [2.05, 4.69) is 10.2 Å². The minimum absolute atomic E-state index is 0.0463. The molecule has 0 aromatic rings. The second-order valence-corrected chi connectivity index (χ2v) is 2.97. The molecule has 2 aliphatic heterocycles. The Balaban J connectivity index is 2.02. The Hall–Kier alpha value is -0.610. The zero-order valence-corrected chi connectivity index (χ0v) is 5.54. The second kappa shape index (κ2) is 1.93. The van der Waals surface area contributed by atoms with Gasteiger partial charge >= 0.3 is 5.97 Å². The summed E-state index contributed by atoms with van der Waals surface area (Å²) in [4.78, 5) is 15.0. The lowest BCUT2D eigenvalue weighted by Gasteiger charge is -2.31. The van der Waals surface area contributed by atoms with Gasteiger partial charge < -0.3 is 10.2 Å². The highest BCUT2D eigenvalue weighted by Gasteiger charge is 2.51. The van der Waals surface area contributed by atoms with Gasteiger partial charge in [-0.15, -0.1) is 0 Å². The summed E-state index contributed by atoms with van der Waals surface area (Å²) in [5, 5.41) is 3.20. The second-order valence-electron chi connectivity index (χ2n) is 2.97. The summed E-state index contributed by atoms with van der Waals surface area (Å²) in [5.41, 5.74) is 0. The van der Waals surface area contributed by atoms with Crippen LogP contribution in [0, 0.1) is 11.8 Å². The van der Waals surface area contributed by atoms with Crippen LogP contribution in [0.4, 0.5) is 0 Å². The number of hydrogen-bond acceptors (Lipinski definition) is 4. The summed E-state index contributed by atoms with van der Waals surface area (Å²) in [7, 11) is 0. The summed E-state index contributed by atoms with van der Waals surface area (Å²) in [5.74, 6) is 5.03. The van der Waals surface area contributed by atoms with Crippen molar-refractivity contribution < 1.29 is 9.63 Å². The molecule has 2 heterocycles. The first-order chi connectivity index (χ1) is 4.83. The Bertz CT molecular complexity index is 157. The third kappa shape index (κ3) is 0.602. The summed E-state index contributed by atoms with van der Waals surface area (Å²) < 4.78 is 0. The van der Waals surface area contributed by atoms with Crippen LogP contribution in [0.25, 0.3) is 0 Å². The van der Waals surface area contributed by atoms with Gasteiger partial charge in [-0.1, -0.05) is 0 Å². The van der Waals surface area contributed by atoms with Gasteiger partial charge in [0.2, 0.25) is 0 Å². The molecule has 4 heteroatoms. The van der Waals surface area contributed by atoms with Crippen LogP contribution in [0.5, 0.6) is 0 Å². The van der Waals surface area contributed by atoms with Gasteiger partial charge in [0.05, 0.1) is 5.92 Å². The lowest BCUT2D eigenvalue weighted by atomic mass is 9.74. The van der Waals surface area contributed by atoms with E-state index in [-0.39, 0.29) is 11.9 Å². The van der Waals surface area contributed by atoms with Gasteiger partial charge in [-0.05, 0) is 18.9 Å². The lowest BCUT2D eigenvalue weighted by molar-refractivity contribution is -0.154. The van der Waals surface area contributed by atoms with Crippen LogP contribution in [0.3, 0.4) is 0 Å². The van der Waals surface area contributed by atoms with Crippen molar-refractivity contribution in [1.82, 2.24) is 5.32 Å². The molecule has 1 saturated carbocycles. The van der Waals surface area contributed by atoms with Crippen LogP contribution in [-0.2, 0) is 9.63 Å². The number of carbonyl (C=O) groups is 1. The van der Waals surface area contributed by atoms with Gasteiger partial charge in [-0.3, -0.25) is 4.79 Å². The minimum atomic E-state index is -0.258. The molecule has 3 atom stereocenters. The van der Waals surface area contributed by atoms with Gasteiger partial charge in [0.25, 0.3) is 0 Å². The van der Waals surface area contributed by atoms with E-state index >= 15 is 0 Å². The summed E-state index contributed by atoms with van der Waals surface area (Å²) in [6.45, 7) is 0.949. The Morgan fingerprint density at radius 3 is 2.90 bits per heavy atom. The summed E-state index contributed by atoms with van der Waals surface area (Å²) in [6.07, 6.45) is 1.11. The smallest absolute Gasteiger partial charge is 0.329 e. The van der Waals surface area contributed by atoms with E-state index < -0.39 is 0 Å². The van der Waals surface area contributed by atoms with E-state index in [1.165, 1.54) is 0 Å². The Labute approximate surface area is 58.7 Å². The largest absolute Gasteiger partial charge is 0.373 e. The van der Waals surface area contributed by atoms with Crippen molar-refractivity contribution in [3.8, 4) is 0 Å².